The lowest BCUT2D eigenvalue weighted by Gasteiger charge is -2.32. The Balaban J connectivity index is 1.28. The highest BCUT2D eigenvalue weighted by molar-refractivity contribution is 7.16. The van der Waals surface area contributed by atoms with Crippen LogP contribution in [0.5, 0.6) is 5.75 Å². The van der Waals surface area contributed by atoms with Gasteiger partial charge in [0.1, 0.15) is 5.75 Å². The quantitative estimate of drug-likeness (QED) is 0.219. The first kappa shape index (κ1) is 24.8. The maximum absolute atomic E-state index is 12.2. The van der Waals surface area contributed by atoms with Crippen LogP contribution in [-0.4, -0.2) is 73.2 Å². The number of amides is 1. The van der Waals surface area contributed by atoms with Gasteiger partial charge in [0, 0.05) is 37.8 Å². The van der Waals surface area contributed by atoms with E-state index in [0.29, 0.717) is 17.0 Å². The molecule has 9 nitrogen and oxygen atoms in total. The number of piperazine rings is 1. The van der Waals surface area contributed by atoms with Crippen LogP contribution in [0.4, 0.5) is 5.00 Å². The standard InChI is InChI=1S/C23H31N5O4S/c1-26-13-15-27(16-14-26)12-4-2-3-5-17-32-20-8-6-19(7-9-20)23(29)25-24-18-21-10-11-22(33-21)28(30)31/h6-11,18H,2-5,12-17H2,1H3,(H,25,29)/b24-18+. The fraction of sp³-hybridized carbons (Fsp3) is 0.478. The molecule has 0 radical (unpaired) electrons. The fourth-order valence-corrected chi connectivity index (χ4v) is 4.18. The molecule has 1 fully saturated rings. The van der Waals surface area contributed by atoms with Gasteiger partial charge in [-0.1, -0.05) is 24.2 Å². The highest BCUT2D eigenvalue weighted by Gasteiger charge is 2.12. The molecule has 0 aliphatic carbocycles. The number of hydrogen-bond acceptors (Lipinski definition) is 8. The molecular weight excluding hydrogens is 442 g/mol. The Labute approximate surface area is 198 Å². The number of nitrogens with one attached hydrogen (secondary N) is 1. The van der Waals surface area contributed by atoms with E-state index in [1.807, 2.05) is 0 Å². The van der Waals surface area contributed by atoms with E-state index in [4.69, 9.17) is 4.74 Å². The Bertz CT molecular complexity index is 923. The van der Waals surface area contributed by atoms with Crippen LogP contribution in [0.3, 0.4) is 0 Å². The molecule has 0 atom stereocenters. The number of unbranched alkanes of at least 4 members (excludes halogenated alkanes) is 3. The number of thiophene rings is 1. The molecule has 0 unspecified atom stereocenters. The van der Waals surface area contributed by atoms with Crippen molar-refractivity contribution in [2.45, 2.75) is 25.7 Å². The van der Waals surface area contributed by atoms with Gasteiger partial charge in [0.25, 0.3) is 5.91 Å². The van der Waals surface area contributed by atoms with Crippen LogP contribution in [0.25, 0.3) is 0 Å². The number of nitro groups is 1. The monoisotopic (exact) mass is 473 g/mol. The van der Waals surface area contributed by atoms with Crippen molar-refractivity contribution in [1.82, 2.24) is 15.2 Å². The minimum atomic E-state index is -0.459. The molecule has 2 heterocycles. The van der Waals surface area contributed by atoms with Crippen molar-refractivity contribution in [1.29, 1.82) is 0 Å². The molecule has 1 saturated heterocycles. The molecule has 10 heteroatoms. The predicted molar refractivity (Wildman–Crippen MR) is 130 cm³/mol. The summed E-state index contributed by atoms with van der Waals surface area (Å²) in [5, 5.41) is 14.6. The van der Waals surface area contributed by atoms with Gasteiger partial charge in [0.05, 0.1) is 22.6 Å². The summed E-state index contributed by atoms with van der Waals surface area (Å²) in [5.41, 5.74) is 2.88. The normalized spacial score (nSPS) is 15.1. The summed E-state index contributed by atoms with van der Waals surface area (Å²) in [6.45, 7) is 6.55. The van der Waals surface area contributed by atoms with Gasteiger partial charge in [-0.05, 0) is 56.8 Å². The molecule has 1 N–H and O–H groups in total. The van der Waals surface area contributed by atoms with E-state index in [9.17, 15) is 14.9 Å². The summed E-state index contributed by atoms with van der Waals surface area (Å²) in [6, 6.07) is 9.90. The summed E-state index contributed by atoms with van der Waals surface area (Å²) >= 11 is 0.991. The van der Waals surface area contributed by atoms with Crippen LogP contribution in [-0.2, 0) is 0 Å². The lowest BCUT2D eigenvalue weighted by molar-refractivity contribution is -0.380. The molecule has 0 saturated carbocycles. The number of hydrazone groups is 1. The highest BCUT2D eigenvalue weighted by Crippen LogP contribution is 2.22. The zero-order valence-electron chi connectivity index (χ0n) is 18.9. The maximum atomic E-state index is 12.2. The Morgan fingerprint density at radius 3 is 2.55 bits per heavy atom. The summed E-state index contributed by atoms with van der Waals surface area (Å²) < 4.78 is 5.78. The molecule has 0 bridgehead atoms. The van der Waals surface area contributed by atoms with Gasteiger partial charge in [-0.25, -0.2) is 5.43 Å². The molecule has 33 heavy (non-hydrogen) atoms. The molecule has 2 aromatic rings. The second-order valence-electron chi connectivity index (χ2n) is 8.06. The predicted octanol–water partition coefficient (Wildman–Crippen LogP) is 3.61. The number of ether oxygens (including phenoxy) is 1. The zero-order valence-corrected chi connectivity index (χ0v) is 19.8. The first-order valence-corrected chi connectivity index (χ1v) is 12.0. The highest BCUT2D eigenvalue weighted by atomic mass is 32.1. The molecule has 1 aliphatic rings. The summed E-state index contributed by atoms with van der Waals surface area (Å²) in [5.74, 6) is 0.377. The molecule has 1 aromatic heterocycles. The number of benzene rings is 1. The molecule has 1 aromatic carbocycles. The van der Waals surface area contributed by atoms with Crippen molar-refractivity contribution in [3.05, 3.63) is 57.0 Å². The van der Waals surface area contributed by atoms with Gasteiger partial charge in [-0.3, -0.25) is 14.9 Å². The molecule has 178 valence electrons. The second kappa shape index (κ2) is 13.0. The minimum Gasteiger partial charge on any atom is -0.494 e. The Morgan fingerprint density at radius 2 is 1.85 bits per heavy atom. The second-order valence-corrected chi connectivity index (χ2v) is 9.16. The maximum Gasteiger partial charge on any atom is 0.324 e. The first-order chi connectivity index (χ1) is 16.0. The SMILES string of the molecule is CN1CCN(CCCCCCOc2ccc(C(=O)N/N=C/c3ccc([N+](=O)[O-])s3)cc2)CC1. The minimum absolute atomic E-state index is 0.0315. The van der Waals surface area contributed by atoms with Crippen molar-refractivity contribution >= 4 is 28.5 Å². The van der Waals surface area contributed by atoms with Crippen molar-refractivity contribution in [3.63, 3.8) is 0 Å². The lowest BCUT2D eigenvalue weighted by atomic mass is 10.2. The van der Waals surface area contributed by atoms with Crippen LogP contribution in [0, 0.1) is 10.1 Å². The Hall–Kier alpha value is -2.82. The topological polar surface area (TPSA) is 100 Å². The smallest absolute Gasteiger partial charge is 0.324 e. The van der Waals surface area contributed by atoms with Crippen LogP contribution < -0.4 is 10.2 Å². The molecular formula is C23H31N5O4S. The van der Waals surface area contributed by atoms with E-state index >= 15 is 0 Å². The van der Waals surface area contributed by atoms with E-state index in [1.165, 1.54) is 57.8 Å². The Morgan fingerprint density at radius 1 is 1.12 bits per heavy atom. The average Bonchev–Trinajstić information content (AvgIpc) is 3.29. The van der Waals surface area contributed by atoms with E-state index in [0.717, 1.165) is 29.9 Å². The van der Waals surface area contributed by atoms with E-state index in [-0.39, 0.29) is 10.9 Å². The fourth-order valence-electron chi connectivity index (χ4n) is 3.48. The van der Waals surface area contributed by atoms with Crippen LogP contribution in [0.15, 0.2) is 41.5 Å². The van der Waals surface area contributed by atoms with E-state index in [2.05, 4.69) is 27.4 Å². The van der Waals surface area contributed by atoms with Crippen LogP contribution >= 0.6 is 11.3 Å². The van der Waals surface area contributed by atoms with Gasteiger partial charge in [0.15, 0.2) is 0 Å². The lowest BCUT2D eigenvalue weighted by Crippen LogP contribution is -2.44. The third kappa shape index (κ3) is 8.56. The first-order valence-electron chi connectivity index (χ1n) is 11.2. The Kier molecular flexibility index (Phi) is 9.79. The zero-order chi connectivity index (χ0) is 23.5. The van der Waals surface area contributed by atoms with Gasteiger partial charge >= 0.3 is 5.00 Å². The number of hydrogen-bond donors (Lipinski definition) is 1. The van der Waals surface area contributed by atoms with Crippen LogP contribution in [0.1, 0.15) is 40.9 Å². The van der Waals surface area contributed by atoms with Crippen molar-refractivity contribution in [3.8, 4) is 5.75 Å². The van der Waals surface area contributed by atoms with E-state index < -0.39 is 4.92 Å². The number of rotatable bonds is 12. The third-order valence-electron chi connectivity index (χ3n) is 5.50. The molecule has 1 aliphatic heterocycles. The van der Waals surface area contributed by atoms with Crippen molar-refractivity contribution in [2.24, 2.45) is 5.10 Å². The van der Waals surface area contributed by atoms with Gasteiger partial charge in [0.2, 0.25) is 0 Å². The van der Waals surface area contributed by atoms with Crippen molar-refractivity contribution in [2.75, 3.05) is 46.4 Å². The van der Waals surface area contributed by atoms with Gasteiger partial charge in [-0.2, -0.15) is 5.10 Å². The van der Waals surface area contributed by atoms with Gasteiger partial charge < -0.3 is 14.5 Å². The average molecular weight is 474 g/mol. The number of carbonyl (C=O) groups is 1. The molecule has 1 amide bonds. The van der Waals surface area contributed by atoms with E-state index in [1.54, 1.807) is 30.3 Å². The largest absolute Gasteiger partial charge is 0.494 e. The molecule has 3 rings (SSSR count). The summed E-state index contributed by atoms with van der Waals surface area (Å²) in [4.78, 5) is 27.9. The summed E-state index contributed by atoms with van der Waals surface area (Å²) in [6.07, 6.45) is 6.01. The number of nitrogens with zero attached hydrogens (tertiary/aromatic N) is 4. The number of likely N-dealkylation sites (N-methyl/N-ethyl adjacent to an activating group) is 1. The third-order valence-corrected chi connectivity index (χ3v) is 6.47. The van der Waals surface area contributed by atoms with Crippen LogP contribution in [0.2, 0.25) is 0 Å². The van der Waals surface area contributed by atoms with Crippen molar-refractivity contribution < 1.29 is 14.5 Å². The number of carbonyl (C=O) groups excluding carboxylic acids is 1. The summed E-state index contributed by atoms with van der Waals surface area (Å²) in [7, 11) is 2.18. The molecule has 0 spiro atoms. The van der Waals surface area contributed by atoms with Gasteiger partial charge in [-0.15, -0.1) is 0 Å².